The summed E-state index contributed by atoms with van der Waals surface area (Å²) in [5.74, 6) is 1.86. The van der Waals surface area contributed by atoms with Gasteiger partial charge in [0.05, 0.1) is 12.2 Å². The van der Waals surface area contributed by atoms with E-state index in [1.165, 1.54) is 0 Å². The molecule has 1 amide bonds. The second-order valence-electron chi connectivity index (χ2n) is 6.77. The van der Waals surface area contributed by atoms with Crippen LogP contribution in [0, 0.1) is 5.92 Å². The third-order valence-corrected chi connectivity index (χ3v) is 4.30. The number of carbonyl (C=O) groups excluding carboxylic acids is 1. The second-order valence-corrected chi connectivity index (χ2v) is 7.20. The molecule has 0 fully saturated rings. The van der Waals surface area contributed by atoms with Gasteiger partial charge in [0.1, 0.15) is 11.6 Å². The van der Waals surface area contributed by atoms with Crippen LogP contribution in [0.1, 0.15) is 37.9 Å². The van der Waals surface area contributed by atoms with Crippen molar-refractivity contribution >= 4 is 17.5 Å². The van der Waals surface area contributed by atoms with Crippen LogP contribution in [-0.4, -0.2) is 26.9 Å². The summed E-state index contributed by atoms with van der Waals surface area (Å²) in [7, 11) is 0. The first-order valence-corrected chi connectivity index (χ1v) is 8.85. The van der Waals surface area contributed by atoms with Crippen LogP contribution in [0.5, 0.6) is 5.75 Å². The Kier molecular flexibility index (Phi) is 5.23. The summed E-state index contributed by atoms with van der Waals surface area (Å²) in [6.45, 7) is 7.06. The molecule has 2 aromatic rings. The highest BCUT2D eigenvalue weighted by Crippen LogP contribution is 2.23. The molecule has 0 unspecified atom stereocenters. The molecular formula is C19H22ClN3O2. The number of ether oxygens (including phenoxy) is 1. The van der Waals surface area contributed by atoms with E-state index in [9.17, 15) is 4.79 Å². The molecule has 0 saturated carbocycles. The molecule has 1 aliphatic rings. The Hall–Kier alpha value is -2.14. The molecule has 0 saturated heterocycles. The van der Waals surface area contributed by atoms with E-state index < -0.39 is 6.10 Å². The van der Waals surface area contributed by atoms with E-state index >= 15 is 0 Å². The number of carbonyl (C=O) groups is 1. The Bertz CT molecular complexity index is 779. The molecule has 1 aromatic heterocycles. The lowest BCUT2D eigenvalue weighted by Gasteiger charge is -2.21. The maximum atomic E-state index is 12.7. The first-order chi connectivity index (χ1) is 11.9. The van der Waals surface area contributed by atoms with E-state index in [0.717, 1.165) is 23.5 Å². The summed E-state index contributed by atoms with van der Waals surface area (Å²) < 4.78 is 5.73. The van der Waals surface area contributed by atoms with Gasteiger partial charge in [-0.2, -0.15) is 0 Å². The van der Waals surface area contributed by atoms with E-state index in [4.69, 9.17) is 16.3 Å². The zero-order chi connectivity index (χ0) is 18.0. The maximum absolute atomic E-state index is 12.7. The Morgan fingerprint density at radius 1 is 1.32 bits per heavy atom. The topological polar surface area (TPSA) is 55.3 Å². The van der Waals surface area contributed by atoms with E-state index in [1.54, 1.807) is 36.1 Å². The molecule has 0 bridgehead atoms. The summed E-state index contributed by atoms with van der Waals surface area (Å²) in [5, 5.41) is 0.582. The largest absolute Gasteiger partial charge is 0.481 e. The molecule has 1 atom stereocenters. The number of nitrogens with zero attached hydrogens (tertiary/aromatic N) is 3. The molecule has 6 heteroatoms. The van der Waals surface area contributed by atoms with Crippen molar-refractivity contribution in [2.75, 3.05) is 0 Å². The van der Waals surface area contributed by atoms with Crippen LogP contribution in [0.3, 0.4) is 0 Å². The highest BCUT2D eigenvalue weighted by atomic mass is 35.5. The van der Waals surface area contributed by atoms with Gasteiger partial charge in [0, 0.05) is 29.7 Å². The van der Waals surface area contributed by atoms with Crippen LogP contribution < -0.4 is 4.74 Å². The van der Waals surface area contributed by atoms with Crippen LogP contribution in [0.15, 0.2) is 30.5 Å². The van der Waals surface area contributed by atoms with Gasteiger partial charge in [-0.15, -0.1) is 0 Å². The predicted octanol–water partition coefficient (Wildman–Crippen LogP) is 3.64. The minimum atomic E-state index is -0.587. The van der Waals surface area contributed by atoms with Crippen molar-refractivity contribution in [2.24, 2.45) is 5.92 Å². The van der Waals surface area contributed by atoms with Gasteiger partial charge in [-0.1, -0.05) is 31.5 Å². The standard InChI is InChI=1S/C19H22ClN3O2/c1-12(2)7-18-21-9-14-10-23(11-17(14)22-18)19(24)13(3)25-16-6-4-5-15(20)8-16/h4-6,8-9,12-13H,7,10-11H2,1-3H3/t13-/m1/s1. The van der Waals surface area contributed by atoms with E-state index in [0.29, 0.717) is 29.8 Å². The molecule has 132 valence electrons. The monoisotopic (exact) mass is 359 g/mol. The lowest BCUT2D eigenvalue weighted by atomic mass is 10.1. The Labute approximate surface area is 153 Å². The van der Waals surface area contributed by atoms with Crippen molar-refractivity contribution in [3.8, 4) is 5.75 Å². The molecule has 0 aliphatic carbocycles. The predicted molar refractivity (Wildman–Crippen MR) is 96.4 cm³/mol. The molecule has 25 heavy (non-hydrogen) atoms. The van der Waals surface area contributed by atoms with E-state index in [2.05, 4.69) is 23.8 Å². The van der Waals surface area contributed by atoms with E-state index in [-0.39, 0.29) is 5.91 Å². The van der Waals surface area contributed by atoms with Crippen molar-refractivity contribution in [3.63, 3.8) is 0 Å². The van der Waals surface area contributed by atoms with Crippen LogP contribution in [0.2, 0.25) is 5.02 Å². The Morgan fingerprint density at radius 2 is 2.12 bits per heavy atom. The summed E-state index contributed by atoms with van der Waals surface area (Å²) in [5.41, 5.74) is 1.95. The van der Waals surface area contributed by atoms with Crippen LogP contribution in [0.25, 0.3) is 0 Å². The number of rotatable bonds is 5. The Morgan fingerprint density at radius 3 is 2.84 bits per heavy atom. The van der Waals surface area contributed by atoms with Gasteiger partial charge < -0.3 is 9.64 Å². The summed E-state index contributed by atoms with van der Waals surface area (Å²) in [4.78, 5) is 23.5. The smallest absolute Gasteiger partial charge is 0.264 e. The van der Waals surface area contributed by atoms with Gasteiger partial charge in [-0.3, -0.25) is 4.79 Å². The van der Waals surface area contributed by atoms with Crippen molar-refractivity contribution in [1.29, 1.82) is 0 Å². The molecule has 2 heterocycles. The molecular weight excluding hydrogens is 338 g/mol. The normalized spacial score (nSPS) is 14.5. The number of hydrogen-bond donors (Lipinski definition) is 0. The SMILES string of the molecule is CC(C)Cc1ncc2c(n1)CN(C(=O)[C@@H](C)Oc1cccc(Cl)c1)C2. The average molecular weight is 360 g/mol. The fourth-order valence-electron chi connectivity index (χ4n) is 2.87. The highest BCUT2D eigenvalue weighted by molar-refractivity contribution is 6.30. The molecule has 1 aliphatic heterocycles. The van der Waals surface area contributed by atoms with Gasteiger partial charge in [0.25, 0.3) is 5.91 Å². The zero-order valence-corrected chi connectivity index (χ0v) is 15.5. The number of amides is 1. The lowest BCUT2D eigenvalue weighted by molar-refractivity contribution is -0.138. The van der Waals surface area contributed by atoms with Gasteiger partial charge in [0.15, 0.2) is 6.10 Å². The van der Waals surface area contributed by atoms with Gasteiger partial charge in [0.2, 0.25) is 0 Å². The van der Waals surface area contributed by atoms with Crippen molar-refractivity contribution < 1.29 is 9.53 Å². The minimum Gasteiger partial charge on any atom is -0.481 e. The lowest BCUT2D eigenvalue weighted by Crippen LogP contribution is -2.37. The molecule has 0 spiro atoms. The minimum absolute atomic E-state index is 0.0663. The third-order valence-electron chi connectivity index (χ3n) is 4.07. The van der Waals surface area contributed by atoms with Crippen LogP contribution in [0.4, 0.5) is 0 Å². The molecule has 5 nitrogen and oxygen atoms in total. The van der Waals surface area contributed by atoms with Crippen molar-refractivity contribution in [1.82, 2.24) is 14.9 Å². The fourth-order valence-corrected chi connectivity index (χ4v) is 3.05. The van der Waals surface area contributed by atoms with Gasteiger partial charge >= 0.3 is 0 Å². The number of aromatic nitrogens is 2. The first-order valence-electron chi connectivity index (χ1n) is 8.47. The quantitative estimate of drug-likeness (QED) is 0.817. The first kappa shape index (κ1) is 17.7. The molecule has 1 aromatic carbocycles. The number of benzene rings is 1. The fraction of sp³-hybridized carbons (Fsp3) is 0.421. The maximum Gasteiger partial charge on any atom is 0.264 e. The van der Waals surface area contributed by atoms with Crippen LogP contribution >= 0.6 is 11.6 Å². The summed E-state index contributed by atoms with van der Waals surface area (Å²) >= 11 is 5.96. The number of halogens is 1. The molecule has 0 N–H and O–H groups in total. The number of fused-ring (bicyclic) bond motifs is 1. The zero-order valence-electron chi connectivity index (χ0n) is 14.7. The number of hydrogen-bond acceptors (Lipinski definition) is 4. The third kappa shape index (κ3) is 4.28. The second kappa shape index (κ2) is 7.40. The van der Waals surface area contributed by atoms with Gasteiger partial charge in [-0.05, 0) is 31.0 Å². The van der Waals surface area contributed by atoms with Gasteiger partial charge in [-0.25, -0.2) is 9.97 Å². The highest BCUT2D eigenvalue weighted by Gasteiger charge is 2.29. The molecule has 0 radical (unpaired) electrons. The summed E-state index contributed by atoms with van der Waals surface area (Å²) in [6.07, 6.45) is 2.10. The average Bonchev–Trinajstić information content (AvgIpc) is 2.96. The van der Waals surface area contributed by atoms with Crippen molar-refractivity contribution in [2.45, 2.75) is 46.4 Å². The van der Waals surface area contributed by atoms with Crippen LogP contribution in [-0.2, 0) is 24.3 Å². The Balaban J connectivity index is 1.65. The van der Waals surface area contributed by atoms with Crippen molar-refractivity contribution in [3.05, 3.63) is 52.6 Å². The van der Waals surface area contributed by atoms with E-state index in [1.807, 2.05) is 6.20 Å². The summed E-state index contributed by atoms with van der Waals surface area (Å²) in [6, 6.07) is 7.06. The molecule has 3 rings (SSSR count).